The molecule has 28 heavy (non-hydrogen) atoms. The van der Waals surface area contributed by atoms with Crippen molar-refractivity contribution in [1.29, 1.82) is 0 Å². The first-order valence-electron chi connectivity index (χ1n) is 9.38. The molecule has 0 bridgehead atoms. The van der Waals surface area contributed by atoms with Gasteiger partial charge in [0.15, 0.2) is 13.1 Å². The van der Waals surface area contributed by atoms with Crippen LogP contribution in [0.2, 0.25) is 0 Å². The molecule has 4 N–H and O–H groups in total. The Bertz CT molecular complexity index is 854. The molecule has 146 valence electrons. The number of para-hydroxylation sites is 1. The Balaban J connectivity index is 1.64. The molecule has 1 aliphatic rings. The lowest BCUT2D eigenvalue weighted by molar-refractivity contribution is -0.885. The predicted molar refractivity (Wildman–Crippen MR) is 106 cm³/mol. The minimum absolute atomic E-state index is 0.0521. The Hall–Kier alpha value is -3.19. The third-order valence-electron chi connectivity index (χ3n) is 4.71. The van der Waals surface area contributed by atoms with E-state index in [1.54, 1.807) is 24.3 Å². The molecule has 0 aromatic heterocycles. The van der Waals surface area contributed by atoms with Crippen molar-refractivity contribution < 1.29 is 19.3 Å². The number of carbonyl (C=O) groups excluding carboxylic acids is 3. The Morgan fingerprint density at radius 2 is 1.82 bits per heavy atom. The van der Waals surface area contributed by atoms with Crippen LogP contribution in [0.3, 0.4) is 0 Å². The van der Waals surface area contributed by atoms with Crippen molar-refractivity contribution in [2.45, 2.75) is 13.0 Å². The van der Waals surface area contributed by atoms with Gasteiger partial charge in [-0.15, -0.1) is 0 Å². The van der Waals surface area contributed by atoms with Gasteiger partial charge in [-0.1, -0.05) is 42.5 Å². The quantitative estimate of drug-likeness (QED) is 0.573. The van der Waals surface area contributed by atoms with Gasteiger partial charge in [0.05, 0.1) is 30.4 Å². The van der Waals surface area contributed by atoms with Crippen LogP contribution in [-0.2, 0) is 9.59 Å². The number of benzene rings is 2. The van der Waals surface area contributed by atoms with Crippen molar-refractivity contribution in [3.05, 3.63) is 65.7 Å². The number of hydrogen-bond acceptors (Lipinski definition) is 3. The maximum absolute atomic E-state index is 12.7. The zero-order valence-corrected chi connectivity index (χ0v) is 15.8. The number of nitrogens with one attached hydrogen (secondary N) is 4. The first kappa shape index (κ1) is 19.6. The van der Waals surface area contributed by atoms with E-state index in [-0.39, 0.29) is 36.9 Å². The highest BCUT2D eigenvalue weighted by molar-refractivity contribution is 6.04. The topological polar surface area (TPSA) is 91.7 Å². The number of quaternary nitrogens is 1. The maximum atomic E-state index is 12.7. The Morgan fingerprint density at radius 3 is 2.57 bits per heavy atom. The third kappa shape index (κ3) is 5.17. The van der Waals surface area contributed by atoms with Gasteiger partial charge in [0.1, 0.15) is 0 Å². The predicted octanol–water partition coefficient (Wildman–Crippen LogP) is 0.131. The summed E-state index contributed by atoms with van der Waals surface area (Å²) in [6.45, 7) is 3.65. The molecule has 3 rings (SSSR count). The van der Waals surface area contributed by atoms with E-state index in [1.807, 2.05) is 37.3 Å². The molecule has 0 aliphatic carbocycles. The first-order chi connectivity index (χ1) is 13.5. The van der Waals surface area contributed by atoms with Crippen LogP contribution < -0.4 is 20.9 Å². The van der Waals surface area contributed by atoms with Crippen molar-refractivity contribution in [2.75, 3.05) is 31.5 Å². The number of carbonyl (C=O) groups is 3. The smallest absolute Gasteiger partial charge is 0.279 e. The van der Waals surface area contributed by atoms with E-state index < -0.39 is 0 Å². The van der Waals surface area contributed by atoms with Gasteiger partial charge in [-0.3, -0.25) is 14.4 Å². The average molecular weight is 381 g/mol. The van der Waals surface area contributed by atoms with Crippen molar-refractivity contribution in [3.63, 3.8) is 0 Å². The summed E-state index contributed by atoms with van der Waals surface area (Å²) in [7, 11) is 0. The van der Waals surface area contributed by atoms with Crippen molar-refractivity contribution in [1.82, 2.24) is 10.6 Å². The summed E-state index contributed by atoms with van der Waals surface area (Å²) in [5.74, 6) is -0.526. The van der Waals surface area contributed by atoms with Gasteiger partial charge < -0.3 is 20.9 Å². The van der Waals surface area contributed by atoms with Crippen LogP contribution in [0.5, 0.6) is 0 Å². The molecule has 1 heterocycles. The molecule has 1 fully saturated rings. The monoisotopic (exact) mass is 381 g/mol. The molecule has 7 heteroatoms. The summed E-state index contributed by atoms with van der Waals surface area (Å²) in [6.07, 6.45) is 0. The van der Waals surface area contributed by atoms with E-state index in [9.17, 15) is 14.4 Å². The molecule has 2 aromatic carbocycles. The molecule has 2 atom stereocenters. The number of anilines is 1. The zero-order chi connectivity index (χ0) is 19.9. The maximum Gasteiger partial charge on any atom is 0.279 e. The highest BCUT2D eigenvalue weighted by Gasteiger charge is 2.23. The summed E-state index contributed by atoms with van der Waals surface area (Å²) in [5.41, 5.74) is 1.88. The van der Waals surface area contributed by atoms with Gasteiger partial charge in [0, 0.05) is 0 Å². The first-order valence-corrected chi connectivity index (χ1v) is 9.38. The fraction of sp³-hybridized carbons (Fsp3) is 0.286. The third-order valence-corrected chi connectivity index (χ3v) is 4.71. The normalized spacial score (nSPS) is 17.3. The summed E-state index contributed by atoms with van der Waals surface area (Å²) in [6, 6.07) is 16.5. The number of hydrogen-bond donors (Lipinski definition) is 4. The fourth-order valence-electron chi connectivity index (χ4n) is 3.22. The second-order valence-electron chi connectivity index (χ2n) is 6.90. The second-order valence-corrected chi connectivity index (χ2v) is 6.90. The van der Waals surface area contributed by atoms with Gasteiger partial charge in [-0.2, -0.15) is 0 Å². The highest BCUT2D eigenvalue weighted by atomic mass is 16.2. The molecular formula is C21H25N4O3+. The van der Waals surface area contributed by atoms with Crippen LogP contribution in [0.15, 0.2) is 54.6 Å². The second kappa shape index (κ2) is 9.14. The molecule has 7 nitrogen and oxygen atoms in total. The largest absolute Gasteiger partial charge is 0.346 e. The van der Waals surface area contributed by atoms with Crippen LogP contribution in [0.1, 0.15) is 28.9 Å². The summed E-state index contributed by atoms with van der Waals surface area (Å²) >= 11 is 0. The van der Waals surface area contributed by atoms with Crippen molar-refractivity contribution in [3.8, 4) is 0 Å². The van der Waals surface area contributed by atoms with Crippen LogP contribution in [0.4, 0.5) is 5.69 Å². The van der Waals surface area contributed by atoms with E-state index in [4.69, 9.17) is 0 Å². The molecule has 0 saturated carbocycles. The summed E-state index contributed by atoms with van der Waals surface area (Å²) in [4.78, 5) is 37.5. The van der Waals surface area contributed by atoms with Crippen LogP contribution in [0, 0.1) is 0 Å². The van der Waals surface area contributed by atoms with Gasteiger partial charge in [0.2, 0.25) is 0 Å². The Kier molecular flexibility index (Phi) is 6.39. The number of rotatable bonds is 6. The number of piperazine rings is 1. The van der Waals surface area contributed by atoms with Gasteiger partial charge in [0.25, 0.3) is 17.7 Å². The Labute approximate surface area is 164 Å². The van der Waals surface area contributed by atoms with E-state index in [0.717, 1.165) is 10.5 Å². The molecule has 1 unspecified atom stereocenters. The lowest BCUT2D eigenvalue weighted by Gasteiger charge is -2.23. The van der Waals surface area contributed by atoms with Crippen LogP contribution in [0.25, 0.3) is 0 Å². The highest BCUT2D eigenvalue weighted by Crippen LogP contribution is 2.17. The molecule has 1 saturated heterocycles. The minimum atomic E-state index is -0.253. The van der Waals surface area contributed by atoms with Crippen molar-refractivity contribution >= 4 is 23.4 Å². The van der Waals surface area contributed by atoms with Gasteiger partial charge in [-0.25, -0.2) is 0 Å². The summed E-state index contributed by atoms with van der Waals surface area (Å²) < 4.78 is 0. The molecular weight excluding hydrogens is 356 g/mol. The zero-order valence-electron chi connectivity index (χ0n) is 15.8. The molecule has 3 amide bonds. The van der Waals surface area contributed by atoms with Gasteiger partial charge >= 0.3 is 0 Å². The molecule has 1 aliphatic heterocycles. The van der Waals surface area contributed by atoms with E-state index in [2.05, 4.69) is 16.0 Å². The van der Waals surface area contributed by atoms with E-state index >= 15 is 0 Å². The summed E-state index contributed by atoms with van der Waals surface area (Å²) in [5, 5.41) is 8.53. The molecule has 0 radical (unpaired) electrons. The lowest BCUT2D eigenvalue weighted by atomic mass is 10.1. The SMILES string of the molecule is C[C@@H](NC(=O)c1ccccc1NC(=O)C[NH+]1CCNC(=O)C1)c1ccccc1. The molecule has 2 aromatic rings. The lowest BCUT2D eigenvalue weighted by Crippen LogP contribution is -3.16. The Morgan fingerprint density at radius 1 is 1.11 bits per heavy atom. The van der Waals surface area contributed by atoms with E-state index in [1.165, 1.54) is 0 Å². The fourth-order valence-corrected chi connectivity index (χ4v) is 3.22. The van der Waals surface area contributed by atoms with Gasteiger partial charge in [-0.05, 0) is 24.6 Å². The van der Waals surface area contributed by atoms with E-state index in [0.29, 0.717) is 24.3 Å². The minimum Gasteiger partial charge on any atom is -0.346 e. The standard InChI is InChI=1S/C21H24N4O3/c1-15(16-7-3-2-4-8-16)23-21(28)17-9-5-6-10-18(17)24-20(27)14-25-12-11-22-19(26)13-25/h2-10,15H,11-14H2,1H3,(H,22,26)(H,23,28)(H,24,27)/p+1/t15-/m1/s1. The number of amides is 3. The molecule has 0 spiro atoms. The van der Waals surface area contributed by atoms with Crippen LogP contribution in [-0.4, -0.2) is 43.9 Å². The van der Waals surface area contributed by atoms with Crippen molar-refractivity contribution in [2.24, 2.45) is 0 Å². The van der Waals surface area contributed by atoms with Crippen LogP contribution >= 0.6 is 0 Å². The average Bonchev–Trinajstić information content (AvgIpc) is 2.69.